The summed E-state index contributed by atoms with van der Waals surface area (Å²) in [6, 6.07) is 0. The first-order valence-electron chi connectivity index (χ1n) is 3.67. The van der Waals surface area contributed by atoms with Gasteiger partial charge in [0.1, 0.15) is 5.66 Å². The summed E-state index contributed by atoms with van der Waals surface area (Å²) in [7, 11) is 0. The van der Waals surface area contributed by atoms with Crippen molar-refractivity contribution in [1.82, 2.24) is 10.6 Å². The summed E-state index contributed by atoms with van der Waals surface area (Å²) in [6.45, 7) is 2.89. The van der Waals surface area contributed by atoms with Crippen LogP contribution >= 0.6 is 0 Å². The average Bonchev–Trinajstić information content (AvgIpc) is 2.33. The minimum absolute atomic E-state index is 0.0549. The van der Waals surface area contributed by atoms with Crippen LogP contribution in [-0.4, -0.2) is 12.2 Å². The van der Waals surface area contributed by atoms with Crippen LogP contribution in [-0.2, 0) is 0 Å². The normalized spacial score (nSPS) is 20.2. The Hall–Kier alpha value is -0.700. The van der Waals surface area contributed by atoms with E-state index in [4.69, 9.17) is 5.73 Å². The maximum absolute atomic E-state index is 5.39. The van der Waals surface area contributed by atoms with Gasteiger partial charge in [-0.05, 0) is 26.3 Å². The van der Waals surface area contributed by atoms with Crippen molar-refractivity contribution in [2.24, 2.45) is 5.73 Å². The van der Waals surface area contributed by atoms with Crippen molar-refractivity contribution in [2.45, 2.75) is 25.4 Å². The molecule has 58 valence electrons. The van der Waals surface area contributed by atoms with Crippen molar-refractivity contribution in [3.63, 3.8) is 0 Å². The fraction of sp³-hybridized carbons (Fsp3) is 0.714. The van der Waals surface area contributed by atoms with Gasteiger partial charge in [-0.2, -0.15) is 0 Å². The van der Waals surface area contributed by atoms with Gasteiger partial charge in [0.25, 0.3) is 0 Å². The summed E-state index contributed by atoms with van der Waals surface area (Å²) in [5, 5.41) is 6.44. The van der Waals surface area contributed by atoms with Gasteiger partial charge in [-0.1, -0.05) is 0 Å². The second kappa shape index (κ2) is 2.92. The summed E-state index contributed by atoms with van der Waals surface area (Å²) < 4.78 is 0. The molecular weight excluding hydrogens is 126 g/mol. The van der Waals surface area contributed by atoms with Crippen LogP contribution in [0.5, 0.6) is 0 Å². The molecule has 0 amide bonds. The first kappa shape index (κ1) is 7.41. The fourth-order valence-electron chi connectivity index (χ4n) is 1.09. The van der Waals surface area contributed by atoms with E-state index in [1.807, 2.05) is 12.4 Å². The van der Waals surface area contributed by atoms with Crippen LogP contribution in [0.3, 0.4) is 0 Å². The molecule has 0 saturated carbocycles. The average molecular weight is 141 g/mol. The molecule has 0 fully saturated rings. The van der Waals surface area contributed by atoms with Gasteiger partial charge in [-0.3, -0.25) is 0 Å². The third-order valence-corrected chi connectivity index (χ3v) is 1.77. The van der Waals surface area contributed by atoms with Crippen molar-refractivity contribution in [3.05, 3.63) is 12.4 Å². The first-order chi connectivity index (χ1) is 4.77. The van der Waals surface area contributed by atoms with Crippen molar-refractivity contribution in [3.8, 4) is 0 Å². The molecule has 0 spiro atoms. The van der Waals surface area contributed by atoms with Crippen LogP contribution in [0.25, 0.3) is 0 Å². The highest BCUT2D eigenvalue weighted by Gasteiger charge is 2.22. The minimum atomic E-state index is 0.0549. The predicted octanol–water partition coefficient (Wildman–Crippen LogP) is 0.106. The van der Waals surface area contributed by atoms with Crippen LogP contribution in [0, 0.1) is 0 Å². The minimum Gasteiger partial charge on any atom is -0.368 e. The standard InChI is InChI=1S/C7H15N3/c1-7(3-2-4-8)9-5-6-10-7/h5-6,9-10H,2-4,8H2,1H3. The molecule has 3 heteroatoms. The van der Waals surface area contributed by atoms with Gasteiger partial charge in [-0.15, -0.1) is 0 Å². The molecule has 1 aliphatic rings. The number of hydrogen-bond donors (Lipinski definition) is 3. The molecule has 10 heavy (non-hydrogen) atoms. The summed E-state index contributed by atoms with van der Waals surface area (Å²) in [5.74, 6) is 0. The molecule has 0 bridgehead atoms. The lowest BCUT2D eigenvalue weighted by Gasteiger charge is -2.25. The quantitative estimate of drug-likeness (QED) is 0.522. The summed E-state index contributed by atoms with van der Waals surface area (Å²) in [4.78, 5) is 0. The van der Waals surface area contributed by atoms with E-state index in [-0.39, 0.29) is 5.66 Å². The van der Waals surface area contributed by atoms with Gasteiger partial charge in [0.15, 0.2) is 0 Å². The zero-order valence-corrected chi connectivity index (χ0v) is 6.35. The lowest BCUT2D eigenvalue weighted by molar-refractivity contribution is 0.347. The van der Waals surface area contributed by atoms with E-state index < -0.39 is 0 Å². The molecule has 4 N–H and O–H groups in total. The summed E-state index contributed by atoms with van der Waals surface area (Å²) >= 11 is 0. The Kier molecular flexibility index (Phi) is 2.17. The van der Waals surface area contributed by atoms with E-state index >= 15 is 0 Å². The highest BCUT2D eigenvalue weighted by Crippen LogP contribution is 2.10. The molecule has 0 unspecified atom stereocenters. The fourth-order valence-corrected chi connectivity index (χ4v) is 1.09. The number of hydrogen-bond acceptors (Lipinski definition) is 3. The Morgan fingerprint density at radius 1 is 1.40 bits per heavy atom. The predicted molar refractivity (Wildman–Crippen MR) is 42.1 cm³/mol. The molecule has 1 aliphatic heterocycles. The molecule has 3 nitrogen and oxygen atoms in total. The smallest absolute Gasteiger partial charge is 0.104 e. The summed E-state index contributed by atoms with van der Waals surface area (Å²) in [6.07, 6.45) is 5.97. The van der Waals surface area contributed by atoms with Gasteiger partial charge in [0, 0.05) is 12.4 Å². The van der Waals surface area contributed by atoms with Crippen molar-refractivity contribution in [1.29, 1.82) is 0 Å². The van der Waals surface area contributed by atoms with Crippen LogP contribution in [0.2, 0.25) is 0 Å². The van der Waals surface area contributed by atoms with E-state index in [0.29, 0.717) is 0 Å². The van der Waals surface area contributed by atoms with Crippen molar-refractivity contribution < 1.29 is 0 Å². The molecule has 0 radical (unpaired) electrons. The Labute approximate surface area is 61.7 Å². The third-order valence-electron chi connectivity index (χ3n) is 1.77. The largest absolute Gasteiger partial charge is 0.368 e. The molecule has 0 aromatic heterocycles. The van der Waals surface area contributed by atoms with E-state index in [9.17, 15) is 0 Å². The Balaban J connectivity index is 2.24. The lowest BCUT2D eigenvalue weighted by atomic mass is 10.1. The van der Waals surface area contributed by atoms with E-state index in [0.717, 1.165) is 19.4 Å². The van der Waals surface area contributed by atoms with Gasteiger partial charge in [-0.25, -0.2) is 0 Å². The molecular formula is C7H15N3. The Bertz CT molecular complexity index is 123. The van der Waals surface area contributed by atoms with E-state index in [1.165, 1.54) is 0 Å². The molecule has 0 aliphatic carbocycles. The molecule has 0 aromatic carbocycles. The monoisotopic (exact) mass is 141 g/mol. The van der Waals surface area contributed by atoms with Crippen molar-refractivity contribution >= 4 is 0 Å². The van der Waals surface area contributed by atoms with E-state index in [2.05, 4.69) is 17.6 Å². The van der Waals surface area contributed by atoms with Gasteiger partial charge < -0.3 is 16.4 Å². The molecule has 0 aromatic rings. The number of rotatable bonds is 3. The Morgan fingerprint density at radius 2 is 2.00 bits per heavy atom. The SMILES string of the molecule is CC1(CCCN)NC=CN1. The van der Waals surface area contributed by atoms with Crippen LogP contribution in [0.1, 0.15) is 19.8 Å². The number of nitrogens with one attached hydrogen (secondary N) is 2. The maximum Gasteiger partial charge on any atom is 0.104 e. The lowest BCUT2D eigenvalue weighted by Crippen LogP contribution is -2.45. The Morgan fingerprint density at radius 3 is 2.50 bits per heavy atom. The topological polar surface area (TPSA) is 50.1 Å². The second-order valence-electron chi connectivity index (χ2n) is 2.85. The molecule has 1 rings (SSSR count). The highest BCUT2D eigenvalue weighted by molar-refractivity contribution is 4.99. The molecule has 0 atom stereocenters. The second-order valence-corrected chi connectivity index (χ2v) is 2.85. The highest BCUT2D eigenvalue weighted by atomic mass is 15.2. The van der Waals surface area contributed by atoms with Gasteiger partial charge in [0.05, 0.1) is 0 Å². The zero-order chi connectivity index (χ0) is 7.45. The zero-order valence-electron chi connectivity index (χ0n) is 6.35. The van der Waals surface area contributed by atoms with Gasteiger partial charge in [0.2, 0.25) is 0 Å². The molecule has 1 heterocycles. The van der Waals surface area contributed by atoms with E-state index in [1.54, 1.807) is 0 Å². The summed E-state index contributed by atoms with van der Waals surface area (Å²) in [5.41, 5.74) is 5.44. The number of nitrogens with two attached hydrogens (primary N) is 1. The van der Waals surface area contributed by atoms with Crippen molar-refractivity contribution in [2.75, 3.05) is 6.54 Å². The third kappa shape index (κ3) is 1.64. The maximum atomic E-state index is 5.39. The van der Waals surface area contributed by atoms with Gasteiger partial charge >= 0.3 is 0 Å². The molecule has 0 saturated heterocycles. The van der Waals surface area contributed by atoms with Crippen LogP contribution in [0.15, 0.2) is 12.4 Å². The first-order valence-corrected chi connectivity index (χ1v) is 3.67. The van der Waals surface area contributed by atoms with Crippen LogP contribution in [0.4, 0.5) is 0 Å². The van der Waals surface area contributed by atoms with Crippen LogP contribution < -0.4 is 16.4 Å².